The van der Waals surface area contributed by atoms with E-state index in [2.05, 4.69) is 61.7 Å². The van der Waals surface area contributed by atoms with Crippen LogP contribution in [-0.4, -0.2) is 82.8 Å². The Morgan fingerprint density at radius 2 is 1.88 bits per heavy atom. The van der Waals surface area contributed by atoms with Crippen molar-refractivity contribution >= 4 is 46.8 Å². The molecule has 7 rings (SSSR count). The van der Waals surface area contributed by atoms with E-state index < -0.39 is 5.91 Å². The van der Waals surface area contributed by atoms with Crippen LogP contribution < -0.4 is 26.0 Å². The summed E-state index contributed by atoms with van der Waals surface area (Å²) < 4.78 is 6.71. The standard InChI is InChI=1S/C24H35N3O2.C15H14N6O2/c1-18-17-26(14-13-19-5-3-2-4-6-19)15-16-27(18)21-9-7-20(8-10-21)22-11-12-23(28)25-24(22)29;1-23-12-6-11(17)9(7-16)5-10(12)15(22)20-14-8-18-13-3-2-4-19-21(13)14/h7-10,18-19,22H,2-6,11-17H2,1H3,(H,25,28,29);2-8,16H,17H2,1H3,(H,20,22). The van der Waals surface area contributed by atoms with E-state index in [4.69, 9.17) is 15.9 Å². The lowest BCUT2D eigenvalue weighted by Gasteiger charge is -2.42. The number of piperidine rings is 1. The van der Waals surface area contributed by atoms with Crippen LogP contribution in [0.1, 0.15) is 85.7 Å². The summed E-state index contributed by atoms with van der Waals surface area (Å²) in [4.78, 5) is 45.3. The number of nitrogen functional groups attached to an aromatic ring is 1. The van der Waals surface area contributed by atoms with E-state index in [9.17, 15) is 14.4 Å². The molecule has 3 fully saturated rings. The number of hydrogen-bond donors (Lipinski definition) is 4. The first-order chi connectivity index (χ1) is 25.2. The third-order valence-corrected chi connectivity index (χ3v) is 10.5. The summed E-state index contributed by atoms with van der Waals surface area (Å²) in [6.07, 6.45) is 13.8. The first-order valence-corrected chi connectivity index (χ1v) is 18.2. The molecule has 0 bridgehead atoms. The SMILES string of the molecule is CC1CN(CCC2CCCCC2)CCN1c1ccc(C2CCC(=O)NC2=O)cc1.COc1cc(N)c(C=N)cc1C(=O)Nc1cnc2cccnn12. The fourth-order valence-corrected chi connectivity index (χ4v) is 7.55. The predicted molar refractivity (Wildman–Crippen MR) is 202 cm³/mol. The molecule has 5 N–H and O–H groups in total. The van der Waals surface area contributed by atoms with Crippen molar-refractivity contribution in [3.63, 3.8) is 0 Å². The number of piperazine rings is 1. The number of carbonyl (C=O) groups excluding carboxylic acids is 3. The van der Waals surface area contributed by atoms with Crippen molar-refractivity contribution in [2.24, 2.45) is 5.92 Å². The van der Waals surface area contributed by atoms with Crippen molar-refractivity contribution < 1.29 is 19.1 Å². The highest BCUT2D eigenvalue weighted by Gasteiger charge is 2.29. The third kappa shape index (κ3) is 8.59. The van der Waals surface area contributed by atoms with Gasteiger partial charge in [0.15, 0.2) is 11.5 Å². The molecule has 0 radical (unpaired) electrons. The number of rotatable bonds is 9. The van der Waals surface area contributed by atoms with Crippen molar-refractivity contribution in [3.8, 4) is 5.75 Å². The van der Waals surface area contributed by atoms with Gasteiger partial charge in [-0.3, -0.25) is 24.6 Å². The molecule has 0 spiro atoms. The maximum absolute atomic E-state index is 12.5. The Hall–Kier alpha value is -5.30. The molecule has 274 valence electrons. The number of hydrogen-bond acceptors (Lipinski definition) is 10. The summed E-state index contributed by atoms with van der Waals surface area (Å²) in [7, 11) is 1.45. The van der Waals surface area contributed by atoms with Gasteiger partial charge < -0.3 is 26.1 Å². The average Bonchev–Trinajstić information content (AvgIpc) is 3.57. The molecule has 2 aromatic heterocycles. The predicted octanol–water partition coefficient (Wildman–Crippen LogP) is 5.26. The topological polar surface area (TPSA) is 171 Å². The van der Waals surface area contributed by atoms with Crippen LogP contribution in [0.3, 0.4) is 0 Å². The van der Waals surface area contributed by atoms with Gasteiger partial charge in [-0.2, -0.15) is 9.61 Å². The van der Waals surface area contributed by atoms with Gasteiger partial charge in [-0.1, -0.05) is 44.2 Å². The number of fused-ring (bicyclic) bond motifs is 1. The number of methoxy groups -OCH3 is 1. The second-order valence-electron chi connectivity index (χ2n) is 13.9. The fourth-order valence-electron chi connectivity index (χ4n) is 7.55. The van der Waals surface area contributed by atoms with E-state index in [0.717, 1.165) is 37.3 Å². The molecular weight excluding hydrogens is 658 g/mol. The van der Waals surface area contributed by atoms with Crippen molar-refractivity contribution in [1.82, 2.24) is 24.8 Å². The lowest BCUT2D eigenvalue weighted by molar-refractivity contribution is -0.134. The Labute approximate surface area is 304 Å². The van der Waals surface area contributed by atoms with Crippen molar-refractivity contribution in [2.45, 2.75) is 70.3 Å². The number of aromatic nitrogens is 3. The number of amides is 3. The quantitative estimate of drug-likeness (QED) is 0.103. The first-order valence-electron chi connectivity index (χ1n) is 18.2. The highest BCUT2D eigenvalue weighted by atomic mass is 16.5. The second-order valence-corrected chi connectivity index (χ2v) is 13.9. The number of imidazole rings is 1. The van der Waals surface area contributed by atoms with Crippen LogP contribution in [0.5, 0.6) is 5.75 Å². The number of nitrogens with two attached hydrogens (primary N) is 1. The Bertz CT molecular complexity index is 1890. The zero-order chi connectivity index (χ0) is 36.6. The van der Waals surface area contributed by atoms with Gasteiger partial charge in [0, 0.05) is 67.5 Å². The van der Waals surface area contributed by atoms with E-state index in [1.807, 2.05) is 0 Å². The van der Waals surface area contributed by atoms with Gasteiger partial charge in [0.2, 0.25) is 11.8 Å². The van der Waals surface area contributed by atoms with E-state index >= 15 is 0 Å². The monoisotopic (exact) mass is 707 g/mol. The molecule has 4 heterocycles. The van der Waals surface area contributed by atoms with E-state index in [0.29, 0.717) is 47.3 Å². The molecule has 2 aliphatic heterocycles. The smallest absolute Gasteiger partial charge is 0.260 e. The van der Waals surface area contributed by atoms with Gasteiger partial charge in [-0.15, -0.1) is 0 Å². The summed E-state index contributed by atoms with van der Waals surface area (Å²) in [5, 5.41) is 16.7. The Kier molecular flexibility index (Phi) is 11.8. The molecule has 3 aliphatic rings. The van der Waals surface area contributed by atoms with Crippen LogP contribution in [0.15, 0.2) is 60.9 Å². The molecule has 2 saturated heterocycles. The maximum Gasteiger partial charge on any atom is 0.260 e. The maximum atomic E-state index is 12.5. The summed E-state index contributed by atoms with van der Waals surface area (Å²) in [5.74, 6) is 0.797. The first kappa shape index (κ1) is 36.5. The van der Waals surface area contributed by atoms with E-state index in [1.54, 1.807) is 18.3 Å². The highest BCUT2D eigenvalue weighted by molar-refractivity contribution is 6.07. The minimum atomic E-state index is -0.405. The molecule has 13 heteroatoms. The van der Waals surface area contributed by atoms with Gasteiger partial charge in [0.1, 0.15) is 5.75 Å². The van der Waals surface area contributed by atoms with Crippen LogP contribution in [0.2, 0.25) is 0 Å². The number of nitrogens with one attached hydrogen (secondary N) is 3. The largest absolute Gasteiger partial charge is 0.496 e. The number of imide groups is 1. The molecule has 13 nitrogen and oxygen atoms in total. The molecule has 2 aromatic carbocycles. The summed E-state index contributed by atoms with van der Waals surface area (Å²) in [5.41, 5.74) is 9.74. The van der Waals surface area contributed by atoms with Gasteiger partial charge in [0.05, 0.1) is 24.8 Å². The van der Waals surface area contributed by atoms with Crippen molar-refractivity contribution in [2.75, 3.05) is 49.2 Å². The number of nitrogens with zero attached hydrogens (tertiary/aromatic N) is 5. The molecule has 1 aliphatic carbocycles. The minimum absolute atomic E-state index is 0.155. The summed E-state index contributed by atoms with van der Waals surface area (Å²) in [6, 6.07) is 15.5. The molecule has 3 amide bonds. The molecular formula is C39H49N9O4. The zero-order valence-electron chi connectivity index (χ0n) is 30.0. The van der Waals surface area contributed by atoms with Gasteiger partial charge >= 0.3 is 0 Å². The van der Waals surface area contributed by atoms with Crippen LogP contribution in [-0.2, 0) is 9.59 Å². The molecule has 1 saturated carbocycles. The van der Waals surface area contributed by atoms with Gasteiger partial charge in [-0.05, 0) is 68.1 Å². The van der Waals surface area contributed by atoms with E-state index in [-0.39, 0.29) is 23.3 Å². The lowest BCUT2D eigenvalue weighted by atomic mass is 9.87. The third-order valence-electron chi connectivity index (χ3n) is 10.5. The lowest BCUT2D eigenvalue weighted by Crippen LogP contribution is -2.52. The minimum Gasteiger partial charge on any atom is -0.496 e. The average molecular weight is 708 g/mol. The zero-order valence-corrected chi connectivity index (χ0v) is 30.0. The molecule has 2 unspecified atom stereocenters. The number of carbonyl (C=O) groups is 3. The van der Waals surface area contributed by atoms with Crippen molar-refractivity contribution in [3.05, 3.63) is 77.6 Å². The van der Waals surface area contributed by atoms with Gasteiger partial charge in [0.25, 0.3) is 5.91 Å². The molecule has 2 atom stereocenters. The fraction of sp³-hybridized carbons (Fsp3) is 0.436. The highest BCUT2D eigenvalue weighted by Crippen LogP contribution is 2.30. The Morgan fingerprint density at radius 1 is 1.10 bits per heavy atom. The summed E-state index contributed by atoms with van der Waals surface area (Å²) in [6.45, 7) is 6.88. The Morgan fingerprint density at radius 3 is 2.60 bits per heavy atom. The van der Waals surface area contributed by atoms with Gasteiger partial charge in [-0.25, -0.2) is 4.98 Å². The normalized spacial score (nSPS) is 19.8. The van der Waals surface area contributed by atoms with Crippen LogP contribution in [0.25, 0.3) is 5.65 Å². The Balaban J connectivity index is 0.000000183. The van der Waals surface area contributed by atoms with Crippen LogP contribution in [0, 0.1) is 11.3 Å². The molecule has 4 aromatic rings. The van der Waals surface area contributed by atoms with Crippen LogP contribution >= 0.6 is 0 Å². The second kappa shape index (κ2) is 16.8. The van der Waals surface area contributed by atoms with E-state index in [1.165, 1.54) is 80.7 Å². The van der Waals surface area contributed by atoms with Crippen LogP contribution in [0.4, 0.5) is 17.2 Å². The van der Waals surface area contributed by atoms with Crippen molar-refractivity contribution in [1.29, 1.82) is 5.41 Å². The number of anilines is 3. The summed E-state index contributed by atoms with van der Waals surface area (Å²) >= 11 is 0. The molecule has 52 heavy (non-hydrogen) atoms. The number of ether oxygens (including phenoxy) is 1. The number of benzene rings is 2.